The van der Waals surface area contributed by atoms with Crippen molar-refractivity contribution < 1.29 is 9.68 Å². The molecule has 22 rings (SSSR count). The zero-order valence-corrected chi connectivity index (χ0v) is 63.0. The average molecular weight is 1470 g/mol. The number of rotatable bonds is 7. The van der Waals surface area contributed by atoms with Crippen LogP contribution in [0.15, 0.2) is 368 Å². The van der Waals surface area contributed by atoms with E-state index >= 15 is 0 Å². The molecule has 2 nitrogen and oxygen atoms in total. The van der Waals surface area contributed by atoms with Crippen LogP contribution in [0.2, 0.25) is 0 Å². The van der Waals surface area contributed by atoms with Crippen LogP contribution in [0.25, 0.3) is 186 Å². The van der Waals surface area contributed by atoms with Gasteiger partial charge in [-0.1, -0.05) is 371 Å². The van der Waals surface area contributed by atoms with Crippen LogP contribution in [-0.4, -0.2) is 12.7 Å². The van der Waals surface area contributed by atoms with Gasteiger partial charge in [0.25, 0.3) is 0 Å². The maximum absolute atomic E-state index is 9.13. The van der Waals surface area contributed by atoms with Crippen LogP contribution >= 0.6 is 15.9 Å². The van der Waals surface area contributed by atoms with E-state index in [-0.39, 0.29) is 10.8 Å². The van der Waals surface area contributed by atoms with E-state index in [0.29, 0.717) is 5.75 Å². The first kappa shape index (κ1) is 66.7. The van der Waals surface area contributed by atoms with Crippen molar-refractivity contribution in [3.8, 4) is 83.6 Å². The quantitative estimate of drug-likeness (QED) is 0.0979. The molecule has 519 valence electrons. The van der Waals surface area contributed by atoms with Gasteiger partial charge in [0.1, 0.15) is 5.75 Å². The molecule has 20 aromatic carbocycles. The van der Waals surface area contributed by atoms with Gasteiger partial charge in [0.05, 0.1) is 0 Å². The number of fused-ring (bicyclic) bond motifs is 22. The van der Waals surface area contributed by atoms with Gasteiger partial charge in [-0.25, -0.2) is 0 Å². The SMILES string of the molecule is CC1(C)c2ccc(-c3cccc(-c4c5ccccc5c(-c5cccc6ccccc56)c5ccccc45)c3)cc2-c2c1c1ccccc1c1ccccc21.CC1(C)c2ccc(Br)cc2-c2c1c1ccccc1c1ccccc21.O[B]Oc1cccc(-c2c3ccccc3c(-c3cccc4ccccc34)c3ccccc23)c1. The molecule has 2 aliphatic rings. The van der Waals surface area contributed by atoms with Gasteiger partial charge < -0.3 is 9.68 Å². The Morgan fingerprint density at radius 3 is 0.964 bits per heavy atom. The molecule has 0 amide bonds. The van der Waals surface area contributed by atoms with Crippen molar-refractivity contribution in [2.24, 2.45) is 0 Å². The van der Waals surface area contributed by atoms with E-state index in [4.69, 9.17) is 9.68 Å². The molecule has 20 aromatic rings. The van der Waals surface area contributed by atoms with Gasteiger partial charge in [0.2, 0.25) is 0 Å². The Hall–Kier alpha value is -12.7. The molecule has 4 heteroatoms. The number of hydrogen-bond acceptors (Lipinski definition) is 2. The maximum Gasteiger partial charge on any atom is 0.569 e. The molecule has 0 spiro atoms. The number of benzene rings is 20. The summed E-state index contributed by atoms with van der Waals surface area (Å²) in [7, 11) is 0.721. The van der Waals surface area contributed by atoms with Crippen LogP contribution in [0.3, 0.4) is 0 Å². The van der Waals surface area contributed by atoms with E-state index < -0.39 is 0 Å². The lowest BCUT2D eigenvalue weighted by Gasteiger charge is -2.24. The predicted octanol–water partition coefficient (Wildman–Crippen LogP) is 29.2. The molecular formula is C106H73BBrO2. The molecule has 0 bridgehead atoms. The summed E-state index contributed by atoms with van der Waals surface area (Å²) < 4.78 is 6.40. The summed E-state index contributed by atoms with van der Waals surface area (Å²) in [6.07, 6.45) is 0. The first-order valence-corrected chi connectivity index (χ1v) is 38.8. The van der Waals surface area contributed by atoms with Crippen molar-refractivity contribution in [1.29, 1.82) is 0 Å². The lowest BCUT2D eigenvalue weighted by molar-refractivity contribution is 0.454. The molecule has 2 aliphatic carbocycles. The second kappa shape index (κ2) is 26.6. The van der Waals surface area contributed by atoms with Crippen molar-refractivity contribution >= 4 is 131 Å². The summed E-state index contributed by atoms with van der Waals surface area (Å²) in [5.41, 5.74) is 23.4. The average Bonchev–Trinajstić information content (AvgIpc) is 1.64. The molecule has 0 unspecified atom stereocenters. The van der Waals surface area contributed by atoms with Crippen molar-refractivity contribution in [2.75, 3.05) is 0 Å². The summed E-state index contributed by atoms with van der Waals surface area (Å²) in [5.74, 6) is 0.598. The van der Waals surface area contributed by atoms with E-state index in [2.05, 4.69) is 389 Å². The van der Waals surface area contributed by atoms with Crippen LogP contribution < -0.4 is 4.65 Å². The third-order valence-corrected chi connectivity index (χ3v) is 24.3. The van der Waals surface area contributed by atoms with E-state index in [9.17, 15) is 0 Å². The summed E-state index contributed by atoms with van der Waals surface area (Å²) in [6.45, 7) is 9.51. The van der Waals surface area contributed by atoms with Crippen LogP contribution in [0, 0.1) is 0 Å². The minimum absolute atomic E-state index is 0.00893. The molecule has 0 atom stereocenters. The summed E-state index contributed by atoms with van der Waals surface area (Å²) in [5, 5.41) is 34.8. The zero-order chi connectivity index (χ0) is 73.9. The molecule has 0 fully saturated rings. The highest BCUT2D eigenvalue weighted by Gasteiger charge is 2.40. The fraction of sp³-hybridized carbons (Fsp3) is 0.0566. The fourth-order valence-electron chi connectivity index (χ4n) is 19.1. The van der Waals surface area contributed by atoms with Crippen LogP contribution in [-0.2, 0) is 10.8 Å². The van der Waals surface area contributed by atoms with Gasteiger partial charge in [-0.2, -0.15) is 0 Å². The van der Waals surface area contributed by atoms with E-state index in [1.165, 1.54) is 197 Å². The Bertz CT molecular complexity index is 7080. The normalized spacial score (nSPS) is 13.0. The van der Waals surface area contributed by atoms with Crippen LogP contribution in [0.4, 0.5) is 0 Å². The number of hydrogen-bond donors (Lipinski definition) is 1. The van der Waals surface area contributed by atoms with Crippen molar-refractivity contribution in [3.05, 3.63) is 391 Å². The van der Waals surface area contributed by atoms with Gasteiger partial charge in [0, 0.05) is 15.3 Å². The monoisotopic (exact) mass is 1470 g/mol. The van der Waals surface area contributed by atoms with Gasteiger partial charge in [0.15, 0.2) is 0 Å². The highest BCUT2D eigenvalue weighted by Crippen LogP contribution is 2.58. The first-order valence-electron chi connectivity index (χ1n) is 38.0. The predicted molar refractivity (Wildman–Crippen MR) is 473 cm³/mol. The molecule has 0 aliphatic heterocycles. The van der Waals surface area contributed by atoms with Crippen molar-refractivity contribution in [1.82, 2.24) is 0 Å². The van der Waals surface area contributed by atoms with Crippen LogP contribution in [0.5, 0.6) is 5.75 Å². The zero-order valence-electron chi connectivity index (χ0n) is 61.5. The Labute approximate surface area is 649 Å². The molecule has 0 saturated carbocycles. The summed E-state index contributed by atoms with van der Waals surface area (Å²) in [4.78, 5) is 0. The minimum Gasteiger partial charge on any atom is -0.537 e. The van der Waals surface area contributed by atoms with E-state index in [1.54, 1.807) is 0 Å². The molecule has 0 aromatic heterocycles. The molecule has 0 heterocycles. The smallest absolute Gasteiger partial charge is 0.537 e. The van der Waals surface area contributed by atoms with Gasteiger partial charge in [-0.3, -0.25) is 0 Å². The standard InChI is InChI=1S/C53H36.C30H20BO2.C23H17Br/c1-53(2)48-30-29-35(32-47(48)51-41-22-7-5-20-38(41)39-21-6-12-27-46(39)52(51)53)34-17-13-18-36(31-34)49-42-23-8-10-25-44(42)50(45-26-11-9-24-43(45)49)40-28-14-16-33-15-3-4-19-37(33)40;32-31-33-22-12-7-11-21(19-22)29-25-14-3-5-16-27(25)30(28-17-6-4-15-26(28)29)24-18-8-10-20-9-1-2-13-23(20)24;1-23(2)20-12-11-14(24)13-19(20)21-17-9-5-3-7-15(17)16-8-4-6-10-18(16)22(21)23/h3-32H,1-2H3;1-19,32H;3-13H,1-2H3. The molecule has 0 saturated heterocycles. The second-order valence-corrected chi connectivity index (χ2v) is 31.4. The number of halogens is 1. The summed E-state index contributed by atoms with van der Waals surface area (Å²) in [6, 6.07) is 132. The molecule has 1 radical (unpaired) electrons. The lowest BCUT2D eigenvalue weighted by atomic mass is 9.79. The Morgan fingerprint density at radius 1 is 0.236 bits per heavy atom. The highest BCUT2D eigenvalue weighted by molar-refractivity contribution is 9.10. The Morgan fingerprint density at radius 2 is 0.536 bits per heavy atom. The summed E-state index contributed by atoms with van der Waals surface area (Å²) >= 11 is 3.67. The van der Waals surface area contributed by atoms with Crippen molar-refractivity contribution in [3.63, 3.8) is 0 Å². The van der Waals surface area contributed by atoms with Crippen molar-refractivity contribution in [2.45, 2.75) is 38.5 Å². The maximum atomic E-state index is 9.13. The largest absolute Gasteiger partial charge is 0.569 e. The van der Waals surface area contributed by atoms with E-state index in [1.807, 2.05) is 18.2 Å². The highest BCUT2D eigenvalue weighted by atomic mass is 79.9. The van der Waals surface area contributed by atoms with Gasteiger partial charge >= 0.3 is 7.69 Å². The van der Waals surface area contributed by atoms with Gasteiger partial charge in [-0.05, 0) is 244 Å². The molecular weight excluding hydrogens is 1400 g/mol. The minimum atomic E-state index is -0.113. The van der Waals surface area contributed by atoms with Gasteiger partial charge in [-0.15, -0.1) is 0 Å². The Balaban J connectivity index is 0.000000118. The fourth-order valence-corrected chi connectivity index (χ4v) is 19.5. The lowest BCUT2D eigenvalue weighted by Crippen LogP contribution is -2.15. The third kappa shape index (κ3) is 10.6. The third-order valence-electron chi connectivity index (χ3n) is 23.8. The Kier molecular flexibility index (Phi) is 16.1. The van der Waals surface area contributed by atoms with E-state index in [0.717, 1.165) is 23.3 Å². The molecule has 110 heavy (non-hydrogen) atoms. The first-order chi connectivity index (χ1) is 54.0. The topological polar surface area (TPSA) is 29.5 Å². The van der Waals surface area contributed by atoms with Crippen LogP contribution in [0.1, 0.15) is 49.9 Å². The molecule has 1 N–H and O–H groups in total. The second-order valence-electron chi connectivity index (χ2n) is 30.5.